The summed E-state index contributed by atoms with van der Waals surface area (Å²) in [6, 6.07) is 10.4. The number of hydrogen-bond acceptors (Lipinski definition) is 5. The van der Waals surface area contributed by atoms with Crippen molar-refractivity contribution >= 4 is 34.2 Å². The zero-order valence-corrected chi connectivity index (χ0v) is 25.9. The summed E-state index contributed by atoms with van der Waals surface area (Å²) in [5.41, 5.74) is 1.17. The van der Waals surface area contributed by atoms with E-state index < -0.39 is 52.6 Å². The van der Waals surface area contributed by atoms with Gasteiger partial charge in [0.2, 0.25) is 5.91 Å². The quantitative estimate of drug-likeness (QED) is 0.351. The summed E-state index contributed by atoms with van der Waals surface area (Å²) in [4.78, 5) is 30.6. The van der Waals surface area contributed by atoms with Crippen LogP contribution in [0.5, 0.6) is 0 Å². The molecule has 0 spiro atoms. The van der Waals surface area contributed by atoms with Crippen LogP contribution in [-0.2, 0) is 21.1 Å². The van der Waals surface area contributed by atoms with Crippen LogP contribution in [-0.4, -0.2) is 90.7 Å². The van der Waals surface area contributed by atoms with Crippen LogP contribution in [0.1, 0.15) is 56.2 Å². The lowest BCUT2D eigenvalue weighted by molar-refractivity contribution is -0.133. The van der Waals surface area contributed by atoms with Gasteiger partial charge < -0.3 is 14.9 Å². The van der Waals surface area contributed by atoms with Gasteiger partial charge in [0.25, 0.3) is 5.92 Å². The molecule has 1 saturated heterocycles. The third-order valence-corrected chi connectivity index (χ3v) is 9.47. The second-order valence-electron chi connectivity index (χ2n) is 11.3. The lowest BCUT2D eigenvalue weighted by Crippen LogP contribution is -2.54. The second kappa shape index (κ2) is 14.3. The molecule has 1 heterocycles. The van der Waals surface area contributed by atoms with Gasteiger partial charge in [0, 0.05) is 57.4 Å². The summed E-state index contributed by atoms with van der Waals surface area (Å²) in [6.45, 7) is 4.29. The number of rotatable bonds is 11. The predicted molar refractivity (Wildman–Crippen MR) is 159 cm³/mol. The van der Waals surface area contributed by atoms with Gasteiger partial charge in [-0.15, -0.1) is 12.4 Å². The van der Waals surface area contributed by atoms with Gasteiger partial charge in [-0.25, -0.2) is 26.4 Å². The predicted octanol–water partition coefficient (Wildman–Crippen LogP) is 5.42. The summed E-state index contributed by atoms with van der Waals surface area (Å²) >= 11 is 0. The van der Waals surface area contributed by atoms with Crippen molar-refractivity contribution in [2.45, 2.75) is 74.4 Å². The van der Waals surface area contributed by atoms with Gasteiger partial charge >= 0.3 is 6.09 Å². The number of carboxylic acid groups (broad SMARTS) is 1. The monoisotopic (exact) mass is 645 g/mol. The molecule has 13 heteroatoms. The molecule has 1 saturated carbocycles. The molecule has 2 aromatic carbocycles. The lowest BCUT2D eigenvalue weighted by Gasteiger charge is -2.45. The minimum absolute atomic E-state index is 0. The minimum atomic E-state index is -3.31. The first-order valence-electron chi connectivity index (χ1n) is 14.2. The number of likely N-dealkylation sites (N-methyl/N-ethyl adjacent to an activating group) is 1. The van der Waals surface area contributed by atoms with E-state index in [9.17, 15) is 36.3 Å². The minimum Gasteiger partial charge on any atom is -0.465 e. The van der Waals surface area contributed by atoms with E-state index in [1.165, 1.54) is 30.3 Å². The van der Waals surface area contributed by atoms with Gasteiger partial charge in [-0.1, -0.05) is 24.3 Å². The van der Waals surface area contributed by atoms with Gasteiger partial charge in [0.15, 0.2) is 9.84 Å². The molecule has 0 aromatic heterocycles. The maximum Gasteiger partial charge on any atom is 0.408 e. The van der Waals surface area contributed by atoms with Crippen LogP contribution in [0.2, 0.25) is 0 Å². The first kappa shape index (κ1) is 34.7. The van der Waals surface area contributed by atoms with Crippen molar-refractivity contribution in [3.05, 3.63) is 65.5 Å². The number of benzene rings is 2. The Morgan fingerprint density at radius 2 is 1.70 bits per heavy atom. The van der Waals surface area contributed by atoms with Crippen LogP contribution in [0.4, 0.5) is 18.0 Å². The summed E-state index contributed by atoms with van der Waals surface area (Å²) in [6.07, 6.45) is 0.673. The zero-order chi connectivity index (χ0) is 30.7. The van der Waals surface area contributed by atoms with Crippen LogP contribution in [0.3, 0.4) is 0 Å². The number of carbonyl (C=O) groups excluding carboxylic acids is 1. The van der Waals surface area contributed by atoms with Gasteiger partial charge in [-0.3, -0.25) is 9.69 Å². The van der Waals surface area contributed by atoms with Crippen LogP contribution >= 0.6 is 12.4 Å². The molecule has 8 nitrogen and oxygen atoms in total. The molecular formula is C30H39ClF3N3O5S. The number of alkyl halides is 2. The van der Waals surface area contributed by atoms with Crippen molar-refractivity contribution in [1.82, 2.24) is 14.7 Å². The highest BCUT2D eigenvalue weighted by atomic mass is 35.5. The van der Waals surface area contributed by atoms with Crippen LogP contribution in [0.15, 0.2) is 53.4 Å². The van der Waals surface area contributed by atoms with Gasteiger partial charge in [-0.2, -0.15) is 0 Å². The smallest absolute Gasteiger partial charge is 0.408 e. The van der Waals surface area contributed by atoms with Crippen molar-refractivity contribution in [2.75, 3.05) is 32.4 Å². The van der Waals surface area contributed by atoms with Gasteiger partial charge in [0.05, 0.1) is 17.4 Å². The number of likely N-dealkylation sites (tertiary alicyclic amines) is 1. The highest BCUT2D eigenvalue weighted by Crippen LogP contribution is 2.44. The maximum absolute atomic E-state index is 14.1. The number of amides is 2. The summed E-state index contributed by atoms with van der Waals surface area (Å²) < 4.78 is 64.8. The molecule has 0 unspecified atom stereocenters. The lowest BCUT2D eigenvalue weighted by atomic mass is 9.85. The molecule has 2 aromatic rings. The number of sulfone groups is 1. The van der Waals surface area contributed by atoms with E-state index in [1.54, 1.807) is 18.2 Å². The Balaban J connectivity index is 0.00000506. The highest BCUT2D eigenvalue weighted by molar-refractivity contribution is 7.90. The Bertz CT molecular complexity index is 1360. The third-order valence-electron chi connectivity index (χ3n) is 8.34. The molecule has 43 heavy (non-hydrogen) atoms. The van der Waals surface area contributed by atoms with E-state index in [2.05, 4.69) is 4.90 Å². The molecule has 1 aliphatic carbocycles. The van der Waals surface area contributed by atoms with Crippen molar-refractivity contribution < 1.29 is 36.3 Å². The van der Waals surface area contributed by atoms with E-state index in [4.69, 9.17) is 0 Å². The molecule has 1 N–H and O–H groups in total. The number of halogens is 4. The van der Waals surface area contributed by atoms with Gasteiger partial charge in [-0.05, 0) is 61.6 Å². The molecule has 1 atom stereocenters. The number of nitrogens with zero attached hydrogens (tertiary/aromatic N) is 3. The first-order valence-corrected chi connectivity index (χ1v) is 16.1. The zero-order valence-electron chi connectivity index (χ0n) is 24.3. The van der Waals surface area contributed by atoms with Crippen molar-refractivity contribution in [3.63, 3.8) is 0 Å². The van der Waals surface area contributed by atoms with Crippen molar-refractivity contribution in [1.29, 1.82) is 0 Å². The molecule has 0 bridgehead atoms. The standard InChI is InChI=1S/C30H38F3N3O5S.ClH/c1-3-35(28(37)17-21-7-9-26(10-8-21)42(2,40)41)24-11-14-34(15-12-24)16-13-27(22-5-4-6-23(31)18-22)36(29(38)39)25-19-30(32,33)20-25;/h4-10,18,24-25,27H,3,11-17,19-20H2,1-2H3,(H,38,39);1H/t27-;/m0./s1. The Kier molecular flexibility index (Phi) is 11.5. The van der Waals surface area contributed by atoms with E-state index in [0.29, 0.717) is 51.0 Å². The fourth-order valence-corrected chi connectivity index (χ4v) is 6.71. The largest absolute Gasteiger partial charge is 0.465 e. The normalized spacial score (nSPS) is 18.3. The molecule has 0 radical (unpaired) electrons. The van der Waals surface area contributed by atoms with E-state index in [-0.39, 0.29) is 35.7 Å². The molecule has 238 valence electrons. The summed E-state index contributed by atoms with van der Waals surface area (Å²) in [5.74, 6) is -3.45. The molecule has 2 fully saturated rings. The average Bonchev–Trinajstić information content (AvgIpc) is 2.90. The fraction of sp³-hybridized carbons (Fsp3) is 0.533. The average molecular weight is 646 g/mol. The Hall–Kier alpha value is -2.83. The number of piperidine rings is 1. The fourth-order valence-electron chi connectivity index (χ4n) is 6.08. The maximum atomic E-state index is 14.1. The Labute approximate surface area is 257 Å². The summed E-state index contributed by atoms with van der Waals surface area (Å²) in [7, 11) is -3.31. The molecule has 1 aliphatic heterocycles. The molecular weight excluding hydrogens is 607 g/mol. The number of hydrogen-bond donors (Lipinski definition) is 1. The van der Waals surface area contributed by atoms with Crippen molar-refractivity contribution in [3.8, 4) is 0 Å². The molecule has 2 amide bonds. The molecule has 4 rings (SSSR count). The van der Waals surface area contributed by atoms with Gasteiger partial charge in [0.1, 0.15) is 5.82 Å². The first-order chi connectivity index (χ1) is 19.8. The van der Waals surface area contributed by atoms with Crippen LogP contribution < -0.4 is 0 Å². The SMILES string of the molecule is CCN(C(=O)Cc1ccc(S(C)(=O)=O)cc1)C1CCN(CC[C@@H](c2cccc(F)c2)N(C(=O)O)C2CC(F)(F)C2)CC1.Cl. The van der Waals surface area contributed by atoms with Crippen LogP contribution in [0.25, 0.3) is 0 Å². The Morgan fingerprint density at radius 3 is 2.21 bits per heavy atom. The topological polar surface area (TPSA) is 98.2 Å². The highest BCUT2D eigenvalue weighted by Gasteiger charge is 2.51. The summed E-state index contributed by atoms with van der Waals surface area (Å²) in [5, 5.41) is 9.96. The molecule has 2 aliphatic rings. The second-order valence-corrected chi connectivity index (χ2v) is 13.3. The van der Waals surface area contributed by atoms with Crippen molar-refractivity contribution in [2.24, 2.45) is 0 Å². The van der Waals surface area contributed by atoms with E-state index >= 15 is 0 Å². The Morgan fingerprint density at radius 1 is 1.07 bits per heavy atom. The third kappa shape index (κ3) is 8.86. The van der Waals surface area contributed by atoms with E-state index in [1.807, 2.05) is 11.8 Å². The van der Waals surface area contributed by atoms with Crippen LogP contribution in [0, 0.1) is 5.82 Å². The number of carbonyl (C=O) groups is 2. The van der Waals surface area contributed by atoms with E-state index in [0.717, 1.165) is 16.7 Å².